The van der Waals surface area contributed by atoms with Gasteiger partial charge in [-0.3, -0.25) is 0 Å². The Balaban J connectivity index is 2.19. The second-order valence-corrected chi connectivity index (χ2v) is 2.76. The Morgan fingerprint density at radius 3 is 3.00 bits per heavy atom. The third-order valence-corrected chi connectivity index (χ3v) is 1.72. The van der Waals surface area contributed by atoms with Crippen molar-refractivity contribution in [2.45, 2.75) is 6.54 Å². The van der Waals surface area contributed by atoms with Gasteiger partial charge in [0.15, 0.2) is 0 Å². The number of aromatic hydroxyl groups is 1. The largest absolute Gasteiger partial charge is 0.508 e. The third kappa shape index (κ3) is 1.84. The topological polar surface area (TPSA) is 50.9 Å². The molecule has 0 aliphatic carbocycles. The van der Waals surface area contributed by atoms with Gasteiger partial charge in [-0.2, -0.15) is 5.10 Å². The van der Waals surface area contributed by atoms with Crippen LogP contribution in [0.3, 0.4) is 0 Å². The van der Waals surface area contributed by atoms with E-state index in [9.17, 15) is 5.11 Å². The normalized spacial score (nSPS) is 10.2. The zero-order valence-corrected chi connectivity index (χ0v) is 6.96. The highest BCUT2D eigenvalue weighted by Crippen LogP contribution is 2.11. The highest BCUT2D eigenvalue weighted by molar-refractivity contribution is 5.26. The van der Waals surface area contributed by atoms with Crippen LogP contribution in [0.5, 0.6) is 5.75 Å². The fourth-order valence-electron chi connectivity index (χ4n) is 1.16. The molecule has 2 aromatic rings. The van der Waals surface area contributed by atoms with Gasteiger partial charge in [-0.1, -0.05) is 12.1 Å². The molecule has 0 fully saturated rings. The van der Waals surface area contributed by atoms with Crippen LogP contribution < -0.4 is 0 Å². The zero-order chi connectivity index (χ0) is 9.10. The van der Waals surface area contributed by atoms with E-state index in [0.29, 0.717) is 6.54 Å². The van der Waals surface area contributed by atoms with Crippen LogP contribution in [0.15, 0.2) is 36.9 Å². The van der Waals surface area contributed by atoms with Crippen molar-refractivity contribution in [2.24, 2.45) is 0 Å². The van der Waals surface area contributed by atoms with Gasteiger partial charge in [0.25, 0.3) is 0 Å². The Morgan fingerprint density at radius 1 is 1.38 bits per heavy atom. The first-order valence-corrected chi connectivity index (χ1v) is 3.95. The minimum atomic E-state index is 0.276. The maximum atomic E-state index is 9.20. The van der Waals surface area contributed by atoms with Crippen LogP contribution in [-0.2, 0) is 6.54 Å². The summed E-state index contributed by atoms with van der Waals surface area (Å²) < 4.78 is 1.70. The molecule has 0 unspecified atom stereocenters. The number of phenolic OH excluding ortho intramolecular Hbond substituents is 1. The maximum absolute atomic E-state index is 9.20. The molecule has 66 valence electrons. The Hall–Kier alpha value is -1.84. The Kier molecular flexibility index (Phi) is 1.96. The predicted molar refractivity (Wildman–Crippen MR) is 47.2 cm³/mol. The van der Waals surface area contributed by atoms with Gasteiger partial charge in [0.1, 0.15) is 18.4 Å². The van der Waals surface area contributed by atoms with Crippen LogP contribution in [0.2, 0.25) is 0 Å². The molecule has 0 radical (unpaired) electrons. The zero-order valence-electron chi connectivity index (χ0n) is 6.96. The van der Waals surface area contributed by atoms with Crippen LogP contribution in [0.4, 0.5) is 0 Å². The van der Waals surface area contributed by atoms with Crippen molar-refractivity contribution in [1.82, 2.24) is 14.8 Å². The summed E-state index contributed by atoms with van der Waals surface area (Å²) >= 11 is 0. The molecule has 0 spiro atoms. The molecule has 0 atom stereocenters. The van der Waals surface area contributed by atoms with Crippen LogP contribution >= 0.6 is 0 Å². The summed E-state index contributed by atoms with van der Waals surface area (Å²) in [4.78, 5) is 3.83. The molecule has 0 bridgehead atoms. The van der Waals surface area contributed by atoms with Crippen molar-refractivity contribution in [3.8, 4) is 5.75 Å². The number of aromatic nitrogens is 3. The lowest BCUT2D eigenvalue weighted by molar-refractivity contribution is 0.474. The number of hydrogen-bond donors (Lipinski definition) is 1. The summed E-state index contributed by atoms with van der Waals surface area (Å²) in [6.45, 7) is 0.633. The maximum Gasteiger partial charge on any atom is 0.137 e. The van der Waals surface area contributed by atoms with E-state index in [4.69, 9.17) is 0 Å². The fourth-order valence-corrected chi connectivity index (χ4v) is 1.16. The van der Waals surface area contributed by atoms with Gasteiger partial charge in [0, 0.05) is 0 Å². The van der Waals surface area contributed by atoms with E-state index in [-0.39, 0.29) is 5.75 Å². The van der Waals surface area contributed by atoms with Crippen molar-refractivity contribution in [1.29, 1.82) is 0 Å². The van der Waals surface area contributed by atoms with Crippen molar-refractivity contribution in [3.05, 3.63) is 42.5 Å². The second-order valence-electron chi connectivity index (χ2n) is 2.76. The monoisotopic (exact) mass is 175 g/mol. The Bertz CT molecular complexity index is 384. The summed E-state index contributed by atoms with van der Waals surface area (Å²) in [5, 5.41) is 13.2. The van der Waals surface area contributed by atoms with E-state index in [1.54, 1.807) is 23.1 Å². The first-order chi connectivity index (χ1) is 6.34. The van der Waals surface area contributed by atoms with E-state index >= 15 is 0 Å². The molecular weight excluding hydrogens is 166 g/mol. The van der Waals surface area contributed by atoms with E-state index in [1.165, 1.54) is 6.33 Å². The molecule has 1 heterocycles. The van der Waals surface area contributed by atoms with Gasteiger partial charge < -0.3 is 5.11 Å². The average Bonchev–Trinajstić information content (AvgIpc) is 2.57. The molecule has 0 aliphatic heterocycles. The molecule has 0 saturated heterocycles. The first-order valence-electron chi connectivity index (χ1n) is 3.95. The van der Waals surface area contributed by atoms with E-state index < -0.39 is 0 Å². The number of hydrogen-bond acceptors (Lipinski definition) is 3. The molecule has 1 aromatic heterocycles. The Morgan fingerprint density at radius 2 is 2.31 bits per heavy atom. The highest BCUT2D eigenvalue weighted by atomic mass is 16.3. The standard InChI is InChI=1S/C9H9N3O/c13-9-3-1-2-8(4-9)5-12-7-10-6-11-12/h1-4,6-7,13H,5H2. The van der Waals surface area contributed by atoms with E-state index in [2.05, 4.69) is 10.1 Å². The van der Waals surface area contributed by atoms with Gasteiger partial charge in [-0.15, -0.1) is 0 Å². The smallest absolute Gasteiger partial charge is 0.137 e. The van der Waals surface area contributed by atoms with Gasteiger partial charge in [0.05, 0.1) is 6.54 Å². The van der Waals surface area contributed by atoms with Crippen LogP contribution in [-0.4, -0.2) is 19.9 Å². The molecule has 1 aromatic carbocycles. The fraction of sp³-hybridized carbons (Fsp3) is 0.111. The average molecular weight is 175 g/mol. The number of nitrogens with zero attached hydrogens (tertiary/aromatic N) is 3. The lowest BCUT2D eigenvalue weighted by Gasteiger charge is -2.00. The molecule has 2 rings (SSSR count). The lowest BCUT2D eigenvalue weighted by atomic mass is 10.2. The van der Waals surface area contributed by atoms with Crippen molar-refractivity contribution < 1.29 is 5.11 Å². The SMILES string of the molecule is Oc1cccc(Cn2cncn2)c1. The molecule has 4 nitrogen and oxygen atoms in total. The van der Waals surface area contributed by atoms with Gasteiger partial charge in [-0.25, -0.2) is 9.67 Å². The van der Waals surface area contributed by atoms with Crippen LogP contribution in [0, 0.1) is 0 Å². The van der Waals surface area contributed by atoms with E-state index in [0.717, 1.165) is 5.56 Å². The first kappa shape index (κ1) is 7.79. The summed E-state index contributed by atoms with van der Waals surface area (Å²) in [6, 6.07) is 7.09. The molecular formula is C9H9N3O. The molecule has 1 N–H and O–H groups in total. The van der Waals surface area contributed by atoms with Gasteiger partial charge in [-0.05, 0) is 17.7 Å². The third-order valence-electron chi connectivity index (χ3n) is 1.72. The number of benzene rings is 1. The van der Waals surface area contributed by atoms with Crippen molar-refractivity contribution >= 4 is 0 Å². The summed E-state index contributed by atoms with van der Waals surface area (Å²) in [5.74, 6) is 0.276. The predicted octanol–water partition coefficient (Wildman–Crippen LogP) is 1.03. The molecule has 0 saturated carbocycles. The molecule has 13 heavy (non-hydrogen) atoms. The Labute approximate surface area is 75.5 Å². The van der Waals surface area contributed by atoms with Crippen LogP contribution in [0.1, 0.15) is 5.56 Å². The van der Waals surface area contributed by atoms with E-state index in [1.807, 2.05) is 12.1 Å². The second kappa shape index (κ2) is 3.26. The highest BCUT2D eigenvalue weighted by Gasteiger charge is 1.95. The quantitative estimate of drug-likeness (QED) is 0.741. The number of rotatable bonds is 2. The van der Waals surface area contributed by atoms with Gasteiger partial charge in [0.2, 0.25) is 0 Å². The summed E-state index contributed by atoms with van der Waals surface area (Å²) in [5.41, 5.74) is 1.01. The van der Waals surface area contributed by atoms with Gasteiger partial charge >= 0.3 is 0 Å². The van der Waals surface area contributed by atoms with Crippen molar-refractivity contribution in [2.75, 3.05) is 0 Å². The molecule has 0 amide bonds. The summed E-state index contributed by atoms with van der Waals surface area (Å²) in [6.07, 6.45) is 3.13. The minimum absolute atomic E-state index is 0.276. The summed E-state index contributed by atoms with van der Waals surface area (Å²) in [7, 11) is 0. The minimum Gasteiger partial charge on any atom is -0.508 e. The lowest BCUT2D eigenvalue weighted by Crippen LogP contribution is -1.99. The van der Waals surface area contributed by atoms with Crippen molar-refractivity contribution in [3.63, 3.8) is 0 Å². The van der Waals surface area contributed by atoms with Crippen LogP contribution in [0.25, 0.3) is 0 Å². The molecule has 0 aliphatic rings. The molecule has 4 heteroatoms. The number of phenols is 1.